The fourth-order valence-electron chi connectivity index (χ4n) is 4.43. The van der Waals surface area contributed by atoms with Crippen molar-refractivity contribution in [2.45, 2.75) is 135 Å². The molecule has 0 bridgehead atoms. The number of ether oxygens (including phenoxy) is 2. The third-order valence-electron chi connectivity index (χ3n) is 5.89. The topological polar surface area (TPSA) is 106 Å². The number of hydrogen-bond acceptors (Lipinski definition) is 7. The molecule has 0 spiro atoms. The average molecular weight is 484 g/mol. The molecule has 0 unspecified atom stereocenters. The first-order valence-corrected chi connectivity index (χ1v) is 12.8. The molecule has 9 nitrogen and oxygen atoms in total. The summed E-state index contributed by atoms with van der Waals surface area (Å²) in [6.45, 7) is 10.3. The van der Waals surface area contributed by atoms with E-state index < -0.39 is 35.4 Å². The van der Waals surface area contributed by atoms with E-state index in [2.05, 4.69) is 10.6 Å². The van der Waals surface area contributed by atoms with Crippen molar-refractivity contribution < 1.29 is 28.7 Å². The Morgan fingerprint density at radius 2 is 1.21 bits per heavy atom. The van der Waals surface area contributed by atoms with E-state index in [-0.39, 0.29) is 18.6 Å². The minimum Gasteiger partial charge on any atom is -0.444 e. The van der Waals surface area contributed by atoms with Gasteiger partial charge in [-0.05, 0) is 67.2 Å². The van der Waals surface area contributed by atoms with Crippen LogP contribution in [0.4, 0.5) is 9.59 Å². The molecule has 0 radical (unpaired) electrons. The van der Waals surface area contributed by atoms with Gasteiger partial charge in [-0.3, -0.25) is 0 Å². The average Bonchev–Trinajstić information content (AvgIpc) is 2.73. The van der Waals surface area contributed by atoms with Gasteiger partial charge in [0.1, 0.15) is 17.2 Å². The number of hydrogen-bond donors (Lipinski definition) is 2. The van der Waals surface area contributed by atoms with Crippen LogP contribution in [0.15, 0.2) is 0 Å². The van der Waals surface area contributed by atoms with Gasteiger partial charge >= 0.3 is 18.2 Å². The second-order valence-electron chi connectivity index (χ2n) is 11.4. The first-order valence-electron chi connectivity index (χ1n) is 12.8. The Bertz CT molecular complexity index is 655. The zero-order valence-electron chi connectivity index (χ0n) is 21.9. The standard InChI is InChI=1S/C25H45N3O6/c1-24(2,3)32-22(30)26-17-20(27-23(31)33-25(4,5)6)21(29)34-28(18-13-9-7-10-14-18)19-15-11-8-12-16-19/h18-20H,7-17H2,1-6H3,(H,26,30)(H,27,31)/t20-/m0/s1. The number of hydroxylamine groups is 2. The van der Waals surface area contributed by atoms with Gasteiger partial charge in [-0.2, -0.15) is 0 Å². The minimum absolute atomic E-state index is 0.170. The van der Waals surface area contributed by atoms with Crippen molar-refractivity contribution >= 4 is 18.2 Å². The van der Waals surface area contributed by atoms with Gasteiger partial charge in [0, 0.05) is 12.1 Å². The van der Waals surface area contributed by atoms with Crippen LogP contribution in [0.2, 0.25) is 0 Å². The maximum absolute atomic E-state index is 13.3. The van der Waals surface area contributed by atoms with E-state index in [1.165, 1.54) is 12.8 Å². The van der Waals surface area contributed by atoms with Crippen LogP contribution >= 0.6 is 0 Å². The number of nitrogens with one attached hydrogen (secondary N) is 2. The van der Waals surface area contributed by atoms with Crippen LogP contribution in [0.3, 0.4) is 0 Å². The first-order chi connectivity index (χ1) is 15.8. The molecule has 0 aromatic rings. The number of rotatable bonds is 7. The molecule has 2 N–H and O–H groups in total. The second kappa shape index (κ2) is 12.6. The van der Waals surface area contributed by atoms with Gasteiger partial charge < -0.3 is 24.9 Å². The summed E-state index contributed by atoms with van der Waals surface area (Å²) in [5.74, 6) is -0.613. The molecule has 0 saturated heterocycles. The van der Waals surface area contributed by atoms with Gasteiger partial charge in [-0.25, -0.2) is 14.4 Å². The van der Waals surface area contributed by atoms with Gasteiger partial charge in [-0.1, -0.05) is 38.5 Å². The third kappa shape index (κ3) is 10.5. The molecule has 2 amide bonds. The predicted octanol–water partition coefficient (Wildman–Crippen LogP) is 4.83. The zero-order chi connectivity index (χ0) is 25.4. The highest BCUT2D eigenvalue weighted by atomic mass is 16.7. The molecular weight excluding hydrogens is 438 g/mol. The molecule has 2 fully saturated rings. The van der Waals surface area contributed by atoms with Crippen LogP contribution in [0.25, 0.3) is 0 Å². The van der Waals surface area contributed by atoms with Crippen molar-refractivity contribution in [2.75, 3.05) is 6.54 Å². The van der Waals surface area contributed by atoms with Crippen molar-refractivity contribution in [1.82, 2.24) is 15.7 Å². The van der Waals surface area contributed by atoms with Crippen molar-refractivity contribution in [2.24, 2.45) is 0 Å². The van der Waals surface area contributed by atoms with Crippen molar-refractivity contribution in [3.05, 3.63) is 0 Å². The van der Waals surface area contributed by atoms with Gasteiger partial charge in [-0.15, -0.1) is 5.06 Å². The van der Waals surface area contributed by atoms with E-state index in [9.17, 15) is 14.4 Å². The summed E-state index contributed by atoms with van der Waals surface area (Å²) in [6.07, 6.45) is 9.40. The number of nitrogens with zero attached hydrogens (tertiary/aromatic N) is 1. The lowest BCUT2D eigenvalue weighted by Gasteiger charge is -2.40. The summed E-state index contributed by atoms with van der Waals surface area (Å²) in [5, 5.41) is 7.04. The molecule has 196 valence electrons. The highest BCUT2D eigenvalue weighted by Gasteiger charge is 2.35. The van der Waals surface area contributed by atoms with Gasteiger partial charge in [0.2, 0.25) is 0 Å². The minimum atomic E-state index is -1.11. The molecule has 9 heteroatoms. The Morgan fingerprint density at radius 3 is 1.65 bits per heavy atom. The molecule has 0 aliphatic heterocycles. The lowest BCUT2D eigenvalue weighted by molar-refractivity contribution is -0.224. The Balaban J connectivity index is 2.11. The lowest BCUT2D eigenvalue weighted by atomic mass is 9.90. The molecule has 0 aromatic carbocycles. The van der Waals surface area contributed by atoms with Gasteiger partial charge in [0.15, 0.2) is 0 Å². The first kappa shape index (κ1) is 28.2. The quantitative estimate of drug-likeness (QED) is 0.500. The maximum Gasteiger partial charge on any atom is 0.408 e. The van der Waals surface area contributed by atoms with Crippen molar-refractivity contribution in [3.63, 3.8) is 0 Å². The van der Waals surface area contributed by atoms with Crippen molar-refractivity contribution in [3.8, 4) is 0 Å². The second-order valence-corrected chi connectivity index (χ2v) is 11.4. The van der Waals surface area contributed by atoms with Crippen LogP contribution in [0.5, 0.6) is 0 Å². The van der Waals surface area contributed by atoms with Crippen LogP contribution in [0.1, 0.15) is 106 Å². The Hall–Kier alpha value is -2.03. The fraction of sp³-hybridized carbons (Fsp3) is 0.880. The van der Waals surface area contributed by atoms with Crippen LogP contribution < -0.4 is 10.6 Å². The molecule has 2 aliphatic carbocycles. The van der Waals surface area contributed by atoms with Crippen molar-refractivity contribution in [1.29, 1.82) is 0 Å². The van der Waals surface area contributed by atoms with Crippen LogP contribution in [0, 0.1) is 0 Å². The number of carbonyl (C=O) groups excluding carboxylic acids is 3. The molecular formula is C25H45N3O6. The number of amides is 2. The molecule has 2 saturated carbocycles. The number of alkyl carbamates (subject to hydrolysis) is 2. The lowest BCUT2D eigenvalue weighted by Crippen LogP contribution is -2.54. The van der Waals surface area contributed by atoms with E-state index in [4.69, 9.17) is 14.3 Å². The molecule has 2 aliphatic rings. The molecule has 34 heavy (non-hydrogen) atoms. The van der Waals surface area contributed by atoms with E-state index in [1.807, 2.05) is 5.06 Å². The van der Waals surface area contributed by atoms with E-state index in [1.54, 1.807) is 41.5 Å². The molecule has 0 aromatic heterocycles. The highest BCUT2D eigenvalue weighted by molar-refractivity contribution is 5.82. The Labute approximate surface area is 204 Å². The van der Waals surface area contributed by atoms with Crippen LogP contribution in [-0.2, 0) is 19.1 Å². The summed E-state index contributed by atoms with van der Waals surface area (Å²) >= 11 is 0. The smallest absolute Gasteiger partial charge is 0.408 e. The normalized spacial score (nSPS) is 19.3. The summed E-state index contributed by atoms with van der Waals surface area (Å²) in [4.78, 5) is 43.9. The highest BCUT2D eigenvalue weighted by Crippen LogP contribution is 2.30. The molecule has 2 rings (SSSR count). The summed E-state index contributed by atoms with van der Waals surface area (Å²) < 4.78 is 10.6. The van der Waals surface area contributed by atoms with E-state index >= 15 is 0 Å². The maximum atomic E-state index is 13.3. The van der Waals surface area contributed by atoms with Gasteiger partial charge in [0.05, 0.1) is 6.54 Å². The zero-order valence-corrected chi connectivity index (χ0v) is 21.9. The SMILES string of the molecule is CC(C)(C)OC(=O)NC[C@H](NC(=O)OC(C)(C)C)C(=O)ON(C1CCCCC1)C1CCCCC1. The largest absolute Gasteiger partial charge is 0.444 e. The number of carbonyl (C=O) groups is 3. The van der Waals surface area contributed by atoms with E-state index in [0.717, 1.165) is 51.4 Å². The molecule has 0 heterocycles. The monoisotopic (exact) mass is 483 g/mol. The van der Waals surface area contributed by atoms with Gasteiger partial charge in [0.25, 0.3) is 0 Å². The summed E-state index contributed by atoms with van der Waals surface area (Å²) in [7, 11) is 0. The summed E-state index contributed by atoms with van der Waals surface area (Å²) in [5.41, 5.74) is -1.41. The Morgan fingerprint density at radius 1 is 0.765 bits per heavy atom. The fourth-order valence-corrected chi connectivity index (χ4v) is 4.43. The molecule has 1 atom stereocenters. The third-order valence-corrected chi connectivity index (χ3v) is 5.89. The predicted molar refractivity (Wildman–Crippen MR) is 129 cm³/mol. The van der Waals surface area contributed by atoms with E-state index in [0.29, 0.717) is 0 Å². The summed E-state index contributed by atoms with van der Waals surface area (Å²) in [6, 6.07) is -0.749. The Kier molecular flexibility index (Phi) is 10.5. The van der Waals surface area contributed by atoms with Crippen LogP contribution in [-0.4, -0.2) is 59.1 Å².